The van der Waals surface area contributed by atoms with Gasteiger partial charge in [0, 0.05) is 11.1 Å². The second kappa shape index (κ2) is 13.0. The van der Waals surface area contributed by atoms with Gasteiger partial charge in [-0.15, -0.1) is 0 Å². The van der Waals surface area contributed by atoms with E-state index in [0.717, 1.165) is 24.8 Å². The minimum atomic E-state index is -1.77. The molecule has 0 aliphatic heterocycles. The Morgan fingerprint density at radius 2 is 1.62 bits per heavy atom. The minimum Gasteiger partial charge on any atom is -0.508 e. The largest absolute Gasteiger partial charge is 0.508 e. The lowest BCUT2D eigenvalue weighted by molar-refractivity contribution is 0.0317. The number of benzene rings is 2. The van der Waals surface area contributed by atoms with Crippen LogP contribution in [0, 0.1) is 11.3 Å². The van der Waals surface area contributed by atoms with Crippen molar-refractivity contribution < 1.29 is 19.7 Å². The monoisotopic (exact) mass is 532 g/mol. The zero-order valence-electron chi connectivity index (χ0n) is 24.8. The lowest BCUT2D eigenvalue weighted by Gasteiger charge is -2.37. The number of phenols is 1. The van der Waals surface area contributed by atoms with E-state index in [0.29, 0.717) is 23.5 Å². The Morgan fingerprint density at radius 1 is 0.949 bits per heavy atom. The van der Waals surface area contributed by atoms with E-state index in [1.165, 1.54) is 25.7 Å². The average molecular weight is 533 g/mol. The zero-order valence-corrected chi connectivity index (χ0v) is 24.8. The van der Waals surface area contributed by atoms with Gasteiger partial charge >= 0.3 is 0 Å². The molecule has 0 fully saturated rings. The van der Waals surface area contributed by atoms with Gasteiger partial charge in [-0.05, 0) is 53.5 Å². The summed E-state index contributed by atoms with van der Waals surface area (Å²) in [5.74, 6) is -0.644. The van der Waals surface area contributed by atoms with Gasteiger partial charge in [0.15, 0.2) is 5.78 Å². The first-order valence-electron chi connectivity index (χ1n) is 14.6. The predicted octanol–water partition coefficient (Wildman–Crippen LogP) is 8.62. The molecule has 0 aromatic heterocycles. The van der Waals surface area contributed by atoms with Crippen molar-refractivity contribution >= 4 is 5.78 Å². The Labute approximate surface area is 235 Å². The fourth-order valence-corrected chi connectivity index (χ4v) is 5.87. The number of carbonyl (C=O) groups is 1. The number of Topliss-reactive ketones (excluding diaryl/α,β-unsaturated/α-hetero) is 1. The fourth-order valence-electron chi connectivity index (χ4n) is 5.87. The standard InChI is InChI=1S/C35H48O4/c1-7-8-9-10-11-15-22-39-28-19-20-29(32(37)26-16-13-12-14-17-26)35(38,24-28)30-23-27(18-21-31(30)36)34(5,6)25-33(2,3)4/h12-14,16-21,23-24,29,36,38H,7-11,15,22,25H2,1-6H3. The van der Waals surface area contributed by atoms with Crippen LogP contribution < -0.4 is 0 Å². The van der Waals surface area contributed by atoms with Gasteiger partial charge in [-0.2, -0.15) is 0 Å². The van der Waals surface area contributed by atoms with Crippen LogP contribution in [0.4, 0.5) is 0 Å². The maximum Gasteiger partial charge on any atom is 0.173 e. The van der Waals surface area contributed by atoms with E-state index in [-0.39, 0.29) is 22.4 Å². The molecule has 0 spiro atoms. The van der Waals surface area contributed by atoms with Gasteiger partial charge in [0.2, 0.25) is 0 Å². The van der Waals surface area contributed by atoms with Crippen LogP contribution in [0.5, 0.6) is 5.75 Å². The number of phenolic OH excluding ortho intramolecular Hbond substituents is 1. The van der Waals surface area contributed by atoms with Gasteiger partial charge in [0.1, 0.15) is 17.1 Å². The predicted molar refractivity (Wildman–Crippen MR) is 160 cm³/mol. The number of rotatable bonds is 13. The maximum absolute atomic E-state index is 13.7. The molecule has 0 saturated carbocycles. The smallest absolute Gasteiger partial charge is 0.173 e. The van der Waals surface area contributed by atoms with Crippen LogP contribution in [0.3, 0.4) is 0 Å². The molecule has 39 heavy (non-hydrogen) atoms. The first-order chi connectivity index (χ1) is 18.4. The molecule has 2 unspecified atom stereocenters. The van der Waals surface area contributed by atoms with Crippen molar-refractivity contribution in [3.8, 4) is 5.75 Å². The molecule has 2 N–H and O–H groups in total. The molecule has 3 rings (SSSR count). The Hall–Kier alpha value is -2.85. The van der Waals surface area contributed by atoms with E-state index >= 15 is 0 Å². The molecule has 1 aliphatic rings. The van der Waals surface area contributed by atoms with Gasteiger partial charge in [0.05, 0.1) is 12.5 Å². The summed E-state index contributed by atoms with van der Waals surface area (Å²) < 4.78 is 6.06. The molecule has 0 amide bonds. The van der Waals surface area contributed by atoms with Crippen molar-refractivity contribution in [3.63, 3.8) is 0 Å². The van der Waals surface area contributed by atoms with E-state index in [1.807, 2.05) is 30.3 Å². The number of allylic oxidation sites excluding steroid dienone is 1. The fraction of sp³-hybridized carbons (Fsp3) is 0.514. The van der Waals surface area contributed by atoms with Gasteiger partial charge in [0.25, 0.3) is 0 Å². The second-order valence-corrected chi connectivity index (χ2v) is 12.9. The Balaban J connectivity index is 1.96. The van der Waals surface area contributed by atoms with E-state index in [2.05, 4.69) is 41.5 Å². The van der Waals surface area contributed by atoms with Gasteiger partial charge < -0.3 is 14.9 Å². The Morgan fingerprint density at radius 3 is 2.28 bits per heavy atom. The summed E-state index contributed by atoms with van der Waals surface area (Å²) in [4.78, 5) is 13.7. The highest BCUT2D eigenvalue weighted by molar-refractivity contribution is 6.00. The summed E-state index contributed by atoms with van der Waals surface area (Å²) in [6, 6.07) is 14.4. The minimum absolute atomic E-state index is 0.0412. The topological polar surface area (TPSA) is 66.8 Å². The molecular weight excluding hydrogens is 484 g/mol. The molecule has 0 bridgehead atoms. The highest BCUT2D eigenvalue weighted by Gasteiger charge is 2.44. The normalized spacial score (nSPS) is 19.6. The molecule has 212 valence electrons. The van der Waals surface area contributed by atoms with Crippen LogP contribution in [-0.2, 0) is 15.8 Å². The number of hydrogen-bond donors (Lipinski definition) is 2. The SMILES string of the molecule is CCCCCCCCOC1=CC(O)(c2cc(C(C)(C)CC(C)(C)C)ccc2O)C(C(=O)c2ccccc2)C=C1. The van der Waals surface area contributed by atoms with Crippen molar-refractivity contribution in [3.05, 3.63) is 89.2 Å². The van der Waals surface area contributed by atoms with E-state index in [1.54, 1.807) is 36.4 Å². The maximum atomic E-state index is 13.7. The average Bonchev–Trinajstić information content (AvgIpc) is 2.87. The summed E-state index contributed by atoms with van der Waals surface area (Å²) in [5, 5.41) is 23.4. The van der Waals surface area contributed by atoms with Crippen molar-refractivity contribution in [2.45, 2.75) is 97.5 Å². The van der Waals surface area contributed by atoms with Crippen LogP contribution in [0.2, 0.25) is 0 Å². The van der Waals surface area contributed by atoms with Crippen molar-refractivity contribution in [1.82, 2.24) is 0 Å². The van der Waals surface area contributed by atoms with Crippen LogP contribution in [0.25, 0.3) is 0 Å². The summed E-state index contributed by atoms with van der Waals surface area (Å²) in [6.07, 6.45) is 13.0. The third kappa shape index (κ3) is 8.08. The molecule has 2 atom stereocenters. The van der Waals surface area contributed by atoms with E-state index in [9.17, 15) is 15.0 Å². The summed E-state index contributed by atoms with van der Waals surface area (Å²) in [7, 11) is 0. The number of unbranched alkanes of at least 4 members (excludes halogenated alkanes) is 5. The third-order valence-corrected chi connectivity index (χ3v) is 7.58. The Bertz CT molecular complexity index is 1150. The molecule has 0 heterocycles. The molecule has 4 nitrogen and oxygen atoms in total. The van der Waals surface area contributed by atoms with Gasteiger partial charge in [-0.3, -0.25) is 4.79 Å². The van der Waals surface area contributed by atoms with Crippen LogP contribution >= 0.6 is 0 Å². The Kier molecular flexibility index (Phi) is 10.2. The summed E-state index contributed by atoms with van der Waals surface area (Å²) >= 11 is 0. The molecule has 2 aromatic rings. The first-order valence-corrected chi connectivity index (χ1v) is 14.6. The first kappa shape index (κ1) is 30.7. The molecular formula is C35H48O4. The molecule has 0 radical (unpaired) electrons. The van der Waals surface area contributed by atoms with Crippen LogP contribution in [0.15, 0.2) is 72.5 Å². The van der Waals surface area contributed by atoms with Crippen molar-refractivity contribution in [1.29, 1.82) is 0 Å². The number of aromatic hydroxyl groups is 1. The lowest BCUT2D eigenvalue weighted by atomic mass is 9.69. The van der Waals surface area contributed by atoms with Crippen molar-refractivity contribution in [2.75, 3.05) is 6.61 Å². The highest BCUT2D eigenvalue weighted by Crippen LogP contribution is 2.45. The summed E-state index contributed by atoms with van der Waals surface area (Å²) in [5.41, 5.74) is -0.0467. The second-order valence-electron chi connectivity index (χ2n) is 12.9. The third-order valence-electron chi connectivity index (χ3n) is 7.58. The zero-order chi connectivity index (χ0) is 28.7. The van der Waals surface area contributed by atoms with Gasteiger partial charge in [-0.1, -0.05) is 116 Å². The molecule has 1 aliphatic carbocycles. The van der Waals surface area contributed by atoms with Crippen molar-refractivity contribution in [2.24, 2.45) is 11.3 Å². The van der Waals surface area contributed by atoms with Crippen LogP contribution in [-0.4, -0.2) is 22.6 Å². The van der Waals surface area contributed by atoms with E-state index < -0.39 is 11.5 Å². The quantitative estimate of drug-likeness (QED) is 0.200. The number of carbonyl (C=O) groups excluding carboxylic acids is 1. The number of hydrogen-bond acceptors (Lipinski definition) is 4. The molecule has 2 aromatic carbocycles. The number of ether oxygens (including phenoxy) is 1. The lowest BCUT2D eigenvalue weighted by Crippen LogP contribution is -2.39. The van der Waals surface area contributed by atoms with Gasteiger partial charge in [-0.25, -0.2) is 0 Å². The highest BCUT2D eigenvalue weighted by atomic mass is 16.5. The van der Waals surface area contributed by atoms with Crippen LogP contribution in [0.1, 0.15) is 108 Å². The summed E-state index contributed by atoms with van der Waals surface area (Å²) in [6.45, 7) is 13.7. The van der Waals surface area contributed by atoms with E-state index in [4.69, 9.17) is 4.74 Å². The molecule has 0 saturated heterocycles. The number of aliphatic hydroxyl groups is 1. The molecule has 4 heteroatoms. The number of ketones is 1.